The molecule has 0 radical (unpaired) electrons. The Bertz CT molecular complexity index is 179. The van der Waals surface area contributed by atoms with Gasteiger partial charge in [0.2, 0.25) is 0 Å². The summed E-state index contributed by atoms with van der Waals surface area (Å²) < 4.78 is 1.12. The minimum absolute atomic E-state index is 0. The fourth-order valence-electron chi connectivity index (χ4n) is 2.60. The second-order valence-electron chi connectivity index (χ2n) is 7.26. The first-order valence-electron chi connectivity index (χ1n) is 8.86. The van der Waals surface area contributed by atoms with E-state index in [0.717, 1.165) is 4.48 Å². The quantitative estimate of drug-likeness (QED) is 0.372. The summed E-state index contributed by atoms with van der Waals surface area (Å²) in [7, 11) is 6.88. The standard InChI is InChI=1S/C18H40N.BrH.H3N/c1-5-6-7-8-9-10-11-12-13-14-15-16-17-18-19(2,3)4;;/h5-18H2,1-4H3;1H;1H3/q+1;;/p-1. The van der Waals surface area contributed by atoms with Gasteiger partial charge in [0.1, 0.15) is 0 Å². The highest BCUT2D eigenvalue weighted by Crippen LogP contribution is 2.12. The molecule has 0 aliphatic carbocycles. The van der Waals surface area contributed by atoms with Gasteiger partial charge >= 0.3 is 0 Å². The number of hydrogen-bond donors (Lipinski definition) is 1. The highest BCUT2D eigenvalue weighted by Gasteiger charge is 2.04. The summed E-state index contributed by atoms with van der Waals surface area (Å²) in [6.45, 7) is 3.62. The monoisotopic (exact) mass is 366 g/mol. The third-order valence-electron chi connectivity index (χ3n) is 3.93. The van der Waals surface area contributed by atoms with Gasteiger partial charge in [-0.15, -0.1) is 0 Å². The molecule has 0 amide bonds. The zero-order valence-corrected chi connectivity index (χ0v) is 17.0. The lowest BCUT2D eigenvalue weighted by Crippen LogP contribution is -3.00. The van der Waals surface area contributed by atoms with Crippen LogP contribution in [0.2, 0.25) is 0 Å². The molecule has 0 aromatic heterocycles. The number of rotatable bonds is 14. The van der Waals surface area contributed by atoms with E-state index in [0.29, 0.717) is 0 Å². The Hall–Kier alpha value is 0.400. The molecule has 0 heterocycles. The van der Waals surface area contributed by atoms with Gasteiger partial charge in [0.15, 0.2) is 0 Å². The Kier molecular flexibility index (Phi) is 23.1. The molecule has 0 spiro atoms. The Morgan fingerprint density at radius 2 is 0.810 bits per heavy atom. The minimum atomic E-state index is 0. The van der Waals surface area contributed by atoms with E-state index in [4.69, 9.17) is 0 Å². The molecular formula is C18H43BrN2. The number of hydrogen-bond acceptors (Lipinski definition) is 1. The van der Waals surface area contributed by atoms with Gasteiger partial charge in [-0.2, -0.15) is 0 Å². The second-order valence-corrected chi connectivity index (χ2v) is 7.26. The van der Waals surface area contributed by atoms with Gasteiger partial charge in [-0.3, -0.25) is 0 Å². The van der Waals surface area contributed by atoms with Crippen LogP contribution in [0.1, 0.15) is 90.4 Å². The maximum atomic E-state index is 2.29. The van der Waals surface area contributed by atoms with Crippen molar-refractivity contribution in [3.63, 3.8) is 0 Å². The molecule has 3 heteroatoms. The maximum absolute atomic E-state index is 2.29. The lowest BCUT2D eigenvalue weighted by atomic mass is 10.0. The first-order chi connectivity index (χ1) is 9.06. The zero-order chi connectivity index (χ0) is 14.4. The first kappa shape index (κ1) is 26.3. The Morgan fingerprint density at radius 1 is 0.524 bits per heavy atom. The maximum Gasteiger partial charge on any atom is 0.0780 e. The van der Waals surface area contributed by atoms with Crippen LogP contribution >= 0.6 is 0 Å². The second kappa shape index (κ2) is 18.4. The number of halogens is 1. The minimum Gasteiger partial charge on any atom is -1.00 e. The van der Waals surface area contributed by atoms with Crippen molar-refractivity contribution >= 4 is 0 Å². The van der Waals surface area contributed by atoms with Crippen LogP contribution in [0.3, 0.4) is 0 Å². The summed E-state index contributed by atoms with van der Waals surface area (Å²) in [4.78, 5) is 0. The SMILES string of the molecule is CCCCCCCCCCCCCCC[N+](C)(C)C.N.[Br-]. The molecule has 132 valence electrons. The Balaban J connectivity index is -0.00000162. The van der Waals surface area contributed by atoms with E-state index in [9.17, 15) is 0 Å². The third-order valence-corrected chi connectivity index (χ3v) is 3.93. The molecule has 0 saturated carbocycles. The van der Waals surface area contributed by atoms with Crippen LogP contribution in [-0.4, -0.2) is 32.2 Å². The average Bonchev–Trinajstić information content (AvgIpc) is 2.34. The molecule has 0 aliphatic heterocycles. The molecule has 0 unspecified atom stereocenters. The van der Waals surface area contributed by atoms with Crippen LogP contribution in [-0.2, 0) is 0 Å². The Labute approximate surface area is 146 Å². The van der Waals surface area contributed by atoms with Crippen molar-refractivity contribution in [2.45, 2.75) is 90.4 Å². The van der Waals surface area contributed by atoms with Crippen LogP contribution in [0, 0.1) is 0 Å². The zero-order valence-electron chi connectivity index (χ0n) is 15.4. The predicted octanol–water partition coefficient (Wildman–Crippen LogP) is 2.95. The highest BCUT2D eigenvalue weighted by molar-refractivity contribution is 4.48. The van der Waals surface area contributed by atoms with Crippen molar-refractivity contribution in [2.75, 3.05) is 27.7 Å². The molecule has 3 N–H and O–H groups in total. The number of nitrogens with zero attached hydrogens (tertiary/aromatic N) is 1. The van der Waals surface area contributed by atoms with Gasteiger partial charge < -0.3 is 27.6 Å². The third kappa shape index (κ3) is 25.7. The summed E-state index contributed by atoms with van der Waals surface area (Å²) >= 11 is 0. The molecule has 0 aromatic rings. The van der Waals surface area contributed by atoms with Crippen LogP contribution in [0.15, 0.2) is 0 Å². The van der Waals surface area contributed by atoms with E-state index in [1.165, 1.54) is 90.0 Å². The van der Waals surface area contributed by atoms with E-state index in [1.807, 2.05) is 0 Å². The molecule has 0 fully saturated rings. The van der Waals surface area contributed by atoms with Gasteiger partial charge in [-0.1, -0.05) is 77.6 Å². The van der Waals surface area contributed by atoms with Crippen molar-refractivity contribution in [1.82, 2.24) is 6.15 Å². The van der Waals surface area contributed by atoms with Crippen LogP contribution in [0.5, 0.6) is 0 Å². The molecular weight excluding hydrogens is 324 g/mol. The molecule has 0 atom stereocenters. The van der Waals surface area contributed by atoms with Crippen molar-refractivity contribution in [3.8, 4) is 0 Å². The summed E-state index contributed by atoms with van der Waals surface area (Å²) in [5.41, 5.74) is 0. The van der Waals surface area contributed by atoms with E-state index < -0.39 is 0 Å². The summed E-state index contributed by atoms with van der Waals surface area (Å²) in [6.07, 6.45) is 18.9. The fraction of sp³-hybridized carbons (Fsp3) is 1.00. The number of unbranched alkanes of at least 4 members (excludes halogenated alkanes) is 12. The van der Waals surface area contributed by atoms with Crippen LogP contribution < -0.4 is 23.1 Å². The molecule has 0 rings (SSSR count). The fourth-order valence-corrected chi connectivity index (χ4v) is 2.60. The average molecular weight is 367 g/mol. The predicted molar refractivity (Wildman–Crippen MR) is 93.6 cm³/mol. The van der Waals surface area contributed by atoms with Gasteiger partial charge in [0, 0.05) is 0 Å². The topological polar surface area (TPSA) is 35.0 Å². The van der Waals surface area contributed by atoms with Gasteiger partial charge in [-0.25, -0.2) is 0 Å². The lowest BCUT2D eigenvalue weighted by Gasteiger charge is -2.23. The van der Waals surface area contributed by atoms with E-state index in [-0.39, 0.29) is 23.1 Å². The Morgan fingerprint density at radius 3 is 1.10 bits per heavy atom. The normalized spacial score (nSPS) is 10.9. The molecule has 2 nitrogen and oxygen atoms in total. The van der Waals surface area contributed by atoms with Crippen molar-refractivity contribution in [2.24, 2.45) is 0 Å². The summed E-state index contributed by atoms with van der Waals surface area (Å²) in [5, 5.41) is 0. The van der Waals surface area contributed by atoms with E-state index >= 15 is 0 Å². The van der Waals surface area contributed by atoms with Gasteiger partial charge in [0.25, 0.3) is 0 Å². The van der Waals surface area contributed by atoms with E-state index in [1.54, 1.807) is 0 Å². The molecule has 0 bridgehead atoms. The highest BCUT2D eigenvalue weighted by atomic mass is 79.9. The largest absolute Gasteiger partial charge is 1.00 e. The van der Waals surface area contributed by atoms with Gasteiger partial charge in [0.05, 0.1) is 27.7 Å². The van der Waals surface area contributed by atoms with Crippen LogP contribution in [0.4, 0.5) is 0 Å². The molecule has 0 aliphatic rings. The first-order valence-corrected chi connectivity index (χ1v) is 8.86. The van der Waals surface area contributed by atoms with Crippen molar-refractivity contribution < 1.29 is 21.5 Å². The molecule has 0 aromatic carbocycles. The molecule has 0 saturated heterocycles. The van der Waals surface area contributed by atoms with Crippen molar-refractivity contribution in [1.29, 1.82) is 0 Å². The van der Waals surface area contributed by atoms with E-state index in [2.05, 4.69) is 28.1 Å². The smallest absolute Gasteiger partial charge is 0.0780 e. The molecule has 21 heavy (non-hydrogen) atoms. The van der Waals surface area contributed by atoms with Gasteiger partial charge in [-0.05, 0) is 12.8 Å². The number of quaternary nitrogens is 1. The summed E-state index contributed by atoms with van der Waals surface area (Å²) in [5.74, 6) is 0. The van der Waals surface area contributed by atoms with Crippen LogP contribution in [0.25, 0.3) is 0 Å². The lowest BCUT2D eigenvalue weighted by molar-refractivity contribution is -0.870. The van der Waals surface area contributed by atoms with Crippen molar-refractivity contribution in [3.05, 3.63) is 0 Å². The summed E-state index contributed by atoms with van der Waals surface area (Å²) in [6, 6.07) is 0.